The fraction of sp³-hybridized carbons (Fsp3) is 0.333. The summed E-state index contributed by atoms with van der Waals surface area (Å²) in [7, 11) is 1.66. The highest BCUT2D eigenvalue weighted by Crippen LogP contribution is 2.26. The topological polar surface area (TPSA) is 49.2 Å². The molecule has 0 radical (unpaired) electrons. The van der Waals surface area contributed by atoms with Crippen molar-refractivity contribution >= 4 is 0 Å². The van der Waals surface area contributed by atoms with Crippen molar-refractivity contribution in [1.82, 2.24) is 15.0 Å². The second kappa shape index (κ2) is 4.18. The van der Waals surface area contributed by atoms with Crippen molar-refractivity contribution < 1.29 is 9.47 Å². The summed E-state index contributed by atoms with van der Waals surface area (Å²) >= 11 is 0. The van der Waals surface area contributed by atoms with Gasteiger partial charge in [0.1, 0.15) is 11.9 Å². The zero-order valence-corrected chi connectivity index (χ0v) is 9.54. The second-order valence-electron chi connectivity index (χ2n) is 3.98. The molecule has 1 aromatic carbocycles. The lowest BCUT2D eigenvalue weighted by atomic mass is 10.1. The largest absolute Gasteiger partial charge is 0.497 e. The summed E-state index contributed by atoms with van der Waals surface area (Å²) in [6, 6.07) is 7.92. The van der Waals surface area contributed by atoms with Gasteiger partial charge in [0.05, 0.1) is 32.2 Å². The molecular weight excluding hydrogens is 218 g/mol. The van der Waals surface area contributed by atoms with E-state index >= 15 is 0 Å². The van der Waals surface area contributed by atoms with Crippen molar-refractivity contribution in [1.29, 1.82) is 0 Å². The Kier molecular flexibility index (Phi) is 2.53. The van der Waals surface area contributed by atoms with Crippen LogP contribution < -0.4 is 4.74 Å². The fourth-order valence-corrected chi connectivity index (χ4v) is 1.96. The Morgan fingerprint density at radius 1 is 1.35 bits per heavy atom. The number of methoxy groups -OCH3 is 1. The molecule has 1 aromatic heterocycles. The molecule has 0 saturated heterocycles. The molecule has 0 N–H and O–H groups in total. The van der Waals surface area contributed by atoms with Gasteiger partial charge in [-0.2, -0.15) is 0 Å². The van der Waals surface area contributed by atoms with Gasteiger partial charge in [0.2, 0.25) is 0 Å². The van der Waals surface area contributed by atoms with Gasteiger partial charge in [-0.3, -0.25) is 0 Å². The van der Waals surface area contributed by atoms with E-state index in [2.05, 4.69) is 10.3 Å². The molecule has 2 aromatic rings. The van der Waals surface area contributed by atoms with E-state index in [0.717, 1.165) is 17.0 Å². The molecule has 1 unspecified atom stereocenters. The number of rotatable bonds is 2. The summed E-state index contributed by atoms with van der Waals surface area (Å²) in [5, 5.41) is 7.90. The molecule has 2 heterocycles. The van der Waals surface area contributed by atoms with Crippen LogP contribution in [0.2, 0.25) is 0 Å². The summed E-state index contributed by atoms with van der Waals surface area (Å²) in [5.41, 5.74) is 2.15. The van der Waals surface area contributed by atoms with Crippen LogP contribution in [-0.4, -0.2) is 22.1 Å². The number of hydrogen-bond donors (Lipinski definition) is 0. The summed E-state index contributed by atoms with van der Waals surface area (Å²) < 4.78 is 12.8. The third kappa shape index (κ3) is 1.89. The maximum absolute atomic E-state index is 5.78. The number of ether oxygens (including phenoxy) is 2. The number of aromatic nitrogens is 3. The Hall–Kier alpha value is -1.88. The van der Waals surface area contributed by atoms with Gasteiger partial charge in [0, 0.05) is 0 Å². The van der Waals surface area contributed by atoms with Crippen LogP contribution in [0.1, 0.15) is 17.4 Å². The lowest BCUT2D eigenvalue weighted by molar-refractivity contribution is -0.00139. The minimum Gasteiger partial charge on any atom is -0.497 e. The minimum absolute atomic E-state index is 0.0371. The third-order valence-corrected chi connectivity index (χ3v) is 2.96. The monoisotopic (exact) mass is 231 g/mol. The van der Waals surface area contributed by atoms with Crippen LogP contribution in [0.4, 0.5) is 0 Å². The molecule has 0 amide bonds. The van der Waals surface area contributed by atoms with E-state index in [9.17, 15) is 0 Å². The van der Waals surface area contributed by atoms with E-state index in [1.165, 1.54) is 0 Å². The van der Waals surface area contributed by atoms with Crippen molar-refractivity contribution in [3.63, 3.8) is 0 Å². The third-order valence-electron chi connectivity index (χ3n) is 2.96. The molecule has 5 heteroatoms. The zero-order valence-electron chi connectivity index (χ0n) is 9.54. The van der Waals surface area contributed by atoms with E-state index in [0.29, 0.717) is 13.2 Å². The van der Waals surface area contributed by atoms with Crippen molar-refractivity contribution in [3.8, 4) is 5.75 Å². The summed E-state index contributed by atoms with van der Waals surface area (Å²) in [6.07, 6.45) is 1.78. The Morgan fingerprint density at radius 2 is 2.18 bits per heavy atom. The van der Waals surface area contributed by atoms with Gasteiger partial charge in [0.15, 0.2) is 0 Å². The summed E-state index contributed by atoms with van der Waals surface area (Å²) in [4.78, 5) is 0. The molecule has 0 saturated carbocycles. The number of nitrogens with zero attached hydrogens (tertiary/aromatic N) is 3. The minimum atomic E-state index is 0.0371. The second-order valence-corrected chi connectivity index (χ2v) is 3.98. The van der Waals surface area contributed by atoms with Crippen LogP contribution in [0.15, 0.2) is 30.5 Å². The van der Waals surface area contributed by atoms with Crippen LogP contribution >= 0.6 is 0 Å². The predicted molar refractivity (Wildman–Crippen MR) is 60.5 cm³/mol. The first-order valence-corrected chi connectivity index (χ1v) is 5.50. The summed E-state index contributed by atoms with van der Waals surface area (Å²) in [6.45, 7) is 1.27. The summed E-state index contributed by atoms with van der Waals surface area (Å²) in [5.74, 6) is 0.853. The lowest BCUT2D eigenvalue weighted by Crippen LogP contribution is -2.21. The van der Waals surface area contributed by atoms with Crippen LogP contribution in [0.3, 0.4) is 0 Å². The Morgan fingerprint density at radius 3 is 2.94 bits per heavy atom. The number of hydrogen-bond acceptors (Lipinski definition) is 4. The SMILES string of the molecule is COc1ccc(C2Cn3nncc3CO2)cc1. The molecule has 1 aliphatic rings. The molecule has 1 atom stereocenters. The standard InChI is InChI=1S/C12H13N3O2/c1-16-11-4-2-9(3-5-11)12-7-15-10(8-17-12)6-13-14-15/h2-6,12H,7-8H2,1H3. The molecule has 0 spiro atoms. The Labute approximate surface area is 99.0 Å². The number of benzene rings is 1. The van der Waals surface area contributed by atoms with E-state index in [1.807, 2.05) is 28.9 Å². The average molecular weight is 231 g/mol. The van der Waals surface area contributed by atoms with Crippen molar-refractivity contribution in [2.45, 2.75) is 19.3 Å². The molecule has 5 nitrogen and oxygen atoms in total. The van der Waals surface area contributed by atoms with Crippen molar-refractivity contribution in [2.24, 2.45) is 0 Å². The fourth-order valence-electron chi connectivity index (χ4n) is 1.96. The van der Waals surface area contributed by atoms with Crippen molar-refractivity contribution in [2.75, 3.05) is 7.11 Å². The normalized spacial score (nSPS) is 18.8. The van der Waals surface area contributed by atoms with Gasteiger partial charge >= 0.3 is 0 Å². The number of fused-ring (bicyclic) bond motifs is 1. The maximum Gasteiger partial charge on any atom is 0.118 e. The predicted octanol–water partition coefficient (Wildman–Crippen LogP) is 1.56. The van der Waals surface area contributed by atoms with Gasteiger partial charge < -0.3 is 9.47 Å². The molecular formula is C12H13N3O2. The van der Waals surface area contributed by atoms with Crippen LogP contribution in [0.25, 0.3) is 0 Å². The van der Waals surface area contributed by atoms with E-state index < -0.39 is 0 Å². The first-order chi connectivity index (χ1) is 8.36. The quantitative estimate of drug-likeness (QED) is 0.787. The van der Waals surface area contributed by atoms with Gasteiger partial charge in [-0.1, -0.05) is 17.3 Å². The Bertz CT molecular complexity index is 507. The smallest absolute Gasteiger partial charge is 0.118 e. The Balaban J connectivity index is 1.81. The van der Waals surface area contributed by atoms with E-state index in [1.54, 1.807) is 13.3 Å². The van der Waals surface area contributed by atoms with Crippen molar-refractivity contribution in [3.05, 3.63) is 41.7 Å². The van der Waals surface area contributed by atoms with Gasteiger partial charge in [-0.25, -0.2) is 4.68 Å². The van der Waals surface area contributed by atoms with E-state index in [4.69, 9.17) is 9.47 Å². The molecule has 0 fully saturated rings. The lowest BCUT2D eigenvalue weighted by Gasteiger charge is -2.23. The van der Waals surface area contributed by atoms with Gasteiger partial charge in [-0.05, 0) is 17.7 Å². The molecule has 17 heavy (non-hydrogen) atoms. The van der Waals surface area contributed by atoms with E-state index in [-0.39, 0.29) is 6.10 Å². The first-order valence-electron chi connectivity index (χ1n) is 5.50. The van der Waals surface area contributed by atoms with Crippen LogP contribution in [-0.2, 0) is 17.9 Å². The highest BCUT2D eigenvalue weighted by Gasteiger charge is 2.21. The first kappa shape index (κ1) is 10.3. The average Bonchev–Trinajstić information content (AvgIpc) is 2.86. The molecule has 1 aliphatic heterocycles. The highest BCUT2D eigenvalue weighted by atomic mass is 16.5. The maximum atomic E-state index is 5.78. The highest BCUT2D eigenvalue weighted by molar-refractivity contribution is 5.28. The molecule has 0 bridgehead atoms. The van der Waals surface area contributed by atoms with Crippen LogP contribution in [0, 0.1) is 0 Å². The van der Waals surface area contributed by atoms with Crippen LogP contribution in [0.5, 0.6) is 5.75 Å². The molecule has 88 valence electrons. The molecule has 3 rings (SSSR count). The zero-order chi connectivity index (χ0) is 11.7. The van der Waals surface area contributed by atoms with Gasteiger partial charge in [0.25, 0.3) is 0 Å². The molecule has 0 aliphatic carbocycles. The van der Waals surface area contributed by atoms with Gasteiger partial charge in [-0.15, -0.1) is 5.10 Å².